The predicted molar refractivity (Wildman–Crippen MR) is 105 cm³/mol. The number of benzene rings is 1. The van der Waals surface area contributed by atoms with Crippen LogP contribution < -0.4 is 5.32 Å². The second kappa shape index (κ2) is 8.97. The lowest BCUT2D eigenvalue weighted by molar-refractivity contribution is -0.132. The molecule has 1 atom stereocenters. The molecule has 1 unspecified atom stereocenters. The molecule has 8 heteroatoms. The average molecular weight is 403 g/mol. The van der Waals surface area contributed by atoms with E-state index in [0.717, 1.165) is 0 Å². The van der Waals surface area contributed by atoms with E-state index >= 15 is 0 Å². The van der Waals surface area contributed by atoms with Crippen molar-refractivity contribution < 1.29 is 18.8 Å². The first-order valence-corrected chi connectivity index (χ1v) is 10.0. The highest BCUT2D eigenvalue weighted by Gasteiger charge is 2.27. The number of rotatable bonds is 4. The first-order valence-electron chi connectivity index (χ1n) is 9.14. The van der Waals surface area contributed by atoms with Crippen molar-refractivity contribution in [3.05, 3.63) is 58.0 Å². The molecular weight excluding hydrogens is 381 g/mol. The van der Waals surface area contributed by atoms with Crippen molar-refractivity contribution >= 4 is 29.1 Å². The Bertz CT molecular complexity index is 856. The van der Waals surface area contributed by atoms with Gasteiger partial charge in [0.1, 0.15) is 11.9 Å². The smallest absolute Gasteiger partial charge is 0.261 e. The van der Waals surface area contributed by atoms with E-state index in [2.05, 4.69) is 5.32 Å². The number of hydrogen-bond donors (Lipinski definition) is 1. The molecule has 2 heterocycles. The molecule has 0 aliphatic carbocycles. The Kier molecular flexibility index (Phi) is 6.41. The second-order valence-electron chi connectivity index (χ2n) is 6.62. The molecule has 0 bridgehead atoms. The molecule has 1 aliphatic heterocycles. The Morgan fingerprint density at radius 3 is 2.46 bits per heavy atom. The lowest BCUT2D eigenvalue weighted by Crippen LogP contribution is -2.48. The molecule has 1 aromatic heterocycles. The van der Waals surface area contributed by atoms with Crippen molar-refractivity contribution in [3.8, 4) is 0 Å². The number of hydrogen-bond acceptors (Lipinski definition) is 4. The van der Waals surface area contributed by atoms with Gasteiger partial charge in [-0.15, -0.1) is 11.3 Å². The Morgan fingerprint density at radius 1 is 1.04 bits per heavy atom. The van der Waals surface area contributed by atoms with E-state index < -0.39 is 11.9 Å². The number of thiophene rings is 1. The van der Waals surface area contributed by atoms with Crippen molar-refractivity contribution in [2.24, 2.45) is 0 Å². The molecule has 1 N–H and O–H groups in total. The molecule has 2 aromatic rings. The van der Waals surface area contributed by atoms with Crippen LogP contribution >= 0.6 is 11.3 Å². The van der Waals surface area contributed by atoms with Gasteiger partial charge in [0.05, 0.1) is 10.4 Å². The van der Waals surface area contributed by atoms with Crippen LogP contribution in [0, 0.1) is 5.82 Å². The maximum atomic E-state index is 13.9. The molecule has 0 radical (unpaired) electrons. The van der Waals surface area contributed by atoms with Gasteiger partial charge in [-0.3, -0.25) is 14.4 Å². The third-order valence-electron chi connectivity index (χ3n) is 4.66. The SMILES string of the molecule is CC(NC(=O)c1cccs1)C(=O)N1CCCN(C(=O)c2ccccc2F)CC1. The zero-order valence-corrected chi connectivity index (χ0v) is 16.4. The minimum Gasteiger partial charge on any atom is -0.340 e. The average Bonchev–Trinajstić information content (AvgIpc) is 3.12. The van der Waals surface area contributed by atoms with Crippen molar-refractivity contribution in [1.82, 2.24) is 15.1 Å². The summed E-state index contributed by atoms with van der Waals surface area (Å²) in [5.41, 5.74) is 0.0406. The number of nitrogens with one attached hydrogen (secondary N) is 1. The third-order valence-corrected chi connectivity index (χ3v) is 5.53. The second-order valence-corrected chi connectivity index (χ2v) is 7.57. The Morgan fingerprint density at radius 2 is 1.75 bits per heavy atom. The van der Waals surface area contributed by atoms with Crippen LogP contribution in [-0.4, -0.2) is 59.7 Å². The highest BCUT2D eigenvalue weighted by molar-refractivity contribution is 7.12. The van der Waals surface area contributed by atoms with Crippen molar-refractivity contribution in [1.29, 1.82) is 0 Å². The molecule has 1 aromatic carbocycles. The monoisotopic (exact) mass is 403 g/mol. The zero-order chi connectivity index (χ0) is 20.1. The van der Waals surface area contributed by atoms with Crippen molar-refractivity contribution in [2.75, 3.05) is 26.2 Å². The van der Waals surface area contributed by atoms with Gasteiger partial charge in [0, 0.05) is 26.2 Å². The highest BCUT2D eigenvalue weighted by atomic mass is 32.1. The van der Waals surface area contributed by atoms with Crippen LogP contribution in [0.3, 0.4) is 0 Å². The van der Waals surface area contributed by atoms with Crippen LogP contribution in [0.25, 0.3) is 0 Å². The van der Waals surface area contributed by atoms with E-state index in [0.29, 0.717) is 37.5 Å². The summed E-state index contributed by atoms with van der Waals surface area (Å²) in [5, 5.41) is 4.52. The maximum absolute atomic E-state index is 13.9. The summed E-state index contributed by atoms with van der Waals surface area (Å²) < 4.78 is 13.9. The molecule has 6 nitrogen and oxygen atoms in total. The Hall–Kier alpha value is -2.74. The summed E-state index contributed by atoms with van der Waals surface area (Å²) in [7, 11) is 0. The van der Waals surface area contributed by atoms with Crippen LogP contribution in [0.2, 0.25) is 0 Å². The normalized spacial score (nSPS) is 15.6. The summed E-state index contributed by atoms with van der Waals surface area (Å²) in [4.78, 5) is 41.2. The van der Waals surface area contributed by atoms with Gasteiger partial charge in [-0.2, -0.15) is 0 Å². The van der Waals surface area contributed by atoms with Gasteiger partial charge in [0.25, 0.3) is 11.8 Å². The van der Waals surface area contributed by atoms with Crippen molar-refractivity contribution in [3.63, 3.8) is 0 Å². The van der Waals surface area contributed by atoms with Gasteiger partial charge in [-0.1, -0.05) is 18.2 Å². The molecule has 148 valence electrons. The lowest BCUT2D eigenvalue weighted by atomic mass is 10.2. The number of carbonyl (C=O) groups is 3. The van der Waals surface area contributed by atoms with E-state index in [1.165, 1.54) is 23.5 Å². The number of halogens is 1. The fourth-order valence-electron chi connectivity index (χ4n) is 3.16. The largest absolute Gasteiger partial charge is 0.340 e. The van der Waals surface area contributed by atoms with Gasteiger partial charge < -0.3 is 15.1 Å². The van der Waals surface area contributed by atoms with E-state index in [1.54, 1.807) is 46.4 Å². The molecule has 1 fully saturated rings. The third kappa shape index (κ3) is 4.56. The van der Waals surface area contributed by atoms with Crippen LogP contribution in [0.4, 0.5) is 4.39 Å². The number of nitrogens with zero attached hydrogens (tertiary/aromatic N) is 2. The van der Waals surface area contributed by atoms with E-state index in [4.69, 9.17) is 0 Å². The first-order chi connectivity index (χ1) is 13.5. The minimum absolute atomic E-state index is 0.0406. The van der Waals surface area contributed by atoms with Gasteiger partial charge >= 0.3 is 0 Å². The minimum atomic E-state index is -0.664. The van der Waals surface area contributed by atoms with Crippen LogP contribution in [-0.2, 0) is 4.79 Å². The van der Waals surface area contributed by atoms with Crippen LogP contribution in [0.1, 0.15) is 33.4 Å². The Labute approximate surface area is 166 Å². The van der Waals surface area contributed by atoms with Crippen molar-refractivity contribution in [2.45, 2.75) is 19.4 Å². The van der Waals surface area contributed by atoms with Crippen LogP contribution in [0.5, 0.6) is 0 Å². The zero-order valence-electron chi connectivity index (χ0n) is 15.6. The standard InChI is InChI=1S/C20H22FN3O3S/c1-14(22-18(25)17-8-4-13-28-17)19(26)23-9-5-10-24(12-11-23)20(27)15-6-2-3-7-16(15)21/h2-4,6-8,13-14H,5,9-12H2,1H3,(H,22,25). The molecule has 28 heavy (non-hydrogen) atoms. The summed E-state index contributed by atoms with van der Waals surface area (Å²) in [5.74, 6) is -1.38. The molecule has 3 amide bonds. The molecule has 1 aliphatic rings. The van der Waals surface area contributed by atoms with Gasteiger partial charge in [-0.05, 0) is 36.9 Å². The molecule has 1 saturated heterocycles. The highest BCUT2D eigenvalue weighted by Crippen LogP contribution is 2.14. The molecule has 3 rings (SSSR count). The fraction of sp³-hybridized carbons (Fsp3) is 0.350. The topological polar surface area (TPSA) is 69.7 Å². The van der Waals surface area contributed by atoms with E-state index in [9.17, 15) is 18.8 Å². The van der Waals surface area contributed by atoms with Gasteiger partial charge in [0.2, 0.25) is 5.91 Å². The van der Waals surface area contributed by atoms with Gasteiger partial charge in [0.15, 0.2) is 0 Å². The quantitative estimate of drug-likeness (QED) is 0.852. The lowest BCUT2D eigenvalue weighted by Gasteiger charge is -2.25. The first kappa shape index (κ1) is 20.0. The molecular formula is C20H22FN3O3S. The predicted octanol–water partition coefficient (Wildman–Crippen LogP) is 2.38. The molecule has 0 saturated carbocycles. The summed E-state index contributed by atoms with van der Waals surface area (Å²) in [6, 6.07) is 8.72. The fourth-order valence-corrected chi connectivity index (χ4v) is 3.78. The summed E-state index contributed by atoms with van der Waals surface area (Å²) >= 11 is 1.31. The van der Waals surface area contributed by atoms with Gasteiger partial charge in [-0.25, -0.2) is 4.39 Å². The summed E-state index contributed by atoms with van der Waals surface area (Å²) in [6.07, 6.45) is 0.595. The van der Waals surface area contributed by atoms with Crippen LogP contribution in [0.15, 0.2) is 41.8 Å². The van der Waals surface area contributed by atoms with E-state index in [-0.39, 0.29) is 23.3 Å². The number of amides is 3. The summed E-state index contributed by atoms with van der Waals surface area (Å²) in [6.45, 7) is 3.26. The van der Waals surface area contributed by atoms with E-state index in [1.807, 2.05) is 0 Å². The number of carbonyl (C=O) groups excluding carboxylic acids is 3. The Balaban J connectivity index is 1.58. The molecule has 0 spiro atoms. The maximum Gasteiger partial charge on any atom is 0.261 e.